The van der Waals surface area contributed by atoms with E-state index >= 15 is 0 Å². The molecular formula is C12H23ClN4O2. The number of imide groups is 1. The van der Waals surface area contributed by atoms with E-state index in [1.54, 1.807) is 0 Å². The molecule has 2 unspecified atom stereocenters. The van der Waals surface area contributed by atoms with Crippen LogP contribution in [-0.4, -0.2) is 55.6 Å². The van der Waals surface area contributed by atoms with Crippen molar-refractivity contribution in [3.05, 3.63) is 0 Å². The van der Waals surface area contributed by atoms with Crippen LogP contribution in [0.2, 0.25) is 0 Å². The molecule has 110 valence electrons. The van der Waals surface area contributed by atoms with Gasteiger partial charge >= 0.3 is 6.03 Å². The second-order valence-corrected chi connectivity index (χ2v) is 5.04. The normalized spacial score (nSPS) is 26.2. The largest absolute Gasteiger partial charge is 0.338 e. The van der Waals surface area contributed by atoms with Gasteiger partial charge in [-0.2, -0.15) is 0 Å². The molecule has 2 fully saturated rings. The highest BCUT2D eigenvalue weighted by Crippen LogP contribution is 2.24. The lowest BCUT2D eigenvalue weighted by Crippen LogP contribution is -2.49. The second kappa shape index (κ2) is 7.67. The van der Waals surface area contributed by atoms with Crippen LogP contribution in [0.4, 0.5) is 4.79 Å². The molecule has 3 amide bonds. The van der Waals surface area contributed by atoms with Gasteiger partial charge in [-0.15, -0.1) is 12.4 Å². The zero-order valence-electron chi connectivity index (χ0n) is 11.3. The number of fused-ring (bicyclic) bond motifs is 1. The van der Waals surface area contributed by atoms with Crippen LogP contribution in [0.25, 0.3) is 0 Å². The van der Waals surface area contributed by atoms with Crippen LogP contribution in [0, 0.1) is 5.92 Å². The summed E-state index contributed by atoms with van der Waals surface area (Å²) in [6.45, 7) is 5.65. The van der Waals surface area contributed by atoms with Crippen molar-refractivity contribution in [3.63, 3.8) is 0 Å². The second-order valence-electron chi connectivity index (χ2n) is 5.04. The Morgan fingerprint density at radius 3 is 2.89 bits per heavy atom. The molecule has 3 N–H and O–H groups in total. The molecule has 2 aliphatic rings. The summed E-state index contributed by atoms with van der Waals surface area (Å²) >= 11 is 0. The Morgan fingerprint density at radius 2 is 2.16 bits per heavy atom. The Labute approximate surface area is 120 Å². The first kappa shape index (κ1) is 16.2. The number of nitrogens with one attached hydrogen (secondary N) is 3. The van der Waals surface area contributed by atoms with Crippen LogP contribution in [-0.2, 0) is 4.79 Å². The topological polar surface area (TPSA) is 73.5 Å². The van der Waals surface area contributed by atoms with E-state index in [9.17, 15) is 9.59 Å². The van der Waals surface area contributed by atoms with E-state index in [0.29, 0.717) is 25.0 Å². The van der Waals surface area contributed by atoms with E-state index in [0.717, 1.165) is 26.1 Å². The summed E-state index contributed by atoms with van der Waals surface area (Å²) in [5.41, 5.74) is 0. The Hall–Kier alpha value is -0.850. The zero-order chi connectivity index (χ0) is 13.0. The summed E-state index contributed by atoms with van der Waals surface area (Å²) in [4.78, 5) is 25.0. The minimum atomic E-state index is -0.403. The number of hydrogen-bond acceptors (Lipinski definition) is 4. The Bertz CT molecular complexity index is 327. The van der Waals surface area contributed by atoms with Gasteiger partial charge in [-0.1, -0.05) is 0 Å². The lowest BCUT2D eigenvalue weighted by Gasteiger charge is -2.34. The molecule has 0 bridgehead atoms. The molecule has 0 aromatic carbocycles. The van der Waals surface area contributed by atoms with Gasteiger partial charge in [0.1, 0.15) is 0 Å². The molecule has 19 heavy (non-hydrogen) atoms. The fourth-order valence-corrected chi connectivity index (χ4v) is 2.84. The Kier molecular flexibility index (Phi) is 6.54. The molecular weight excluding hydrogens is 268 g/mol. The molecule has 0 saturated carbocycles. The van der Waals surface area contributed by atoms with Crippen molar-refractivity contribution in [3.8, 4) is 0 Å². The minimum Gasteiger partial charge on any atom is -0.338 e. The van der Waals surface area contributed by atoms with Gasteiger partial charge in [0, 0.05) is 25.7 Å². The van der Waals surface area contributed by atoms with Gasteiger partial charge in [0.2, 0.25) is 5.91 Å². The molecule has 0 aromatic rings. The fourth-order valence-electron chi connectivity index (χ4n) is 2.84. The third-order valence-corrected chi connectivity index (χ3v) is 3.70. The minimum absolute atomic E-state index is 0. The molecule has 0 aromatic heterocycles. The number of carbonyl (C=O) groups is 2. The molecule has 2 saturated heterocycles. The summed E-state index contributed by atoms with van der Waals surface area (Å²) in [5, 5.41) is 8.38. The first-order valence-corrected chi connectivity index (χ1v) is 6.72. The van der Waals surface area contributed by atoms with Gasteiger partial charge in [-0.3, -0.25) is 15.0 Å². The third-order valence-electron chi connectivity index (χ3n) is 3.70. The van der Waals surface area contributed by atoms with Crippen molar-refractivity contribution < 1.29 is 9.59 Å². The van der Waals surface area contributed by atoms with Gasteiger partial charge in [0.05, 0.1) is 6.54 Å². The van der Waals surface area contributed by atoms with Crippen LogP contribution in [0.15, 0.2) is 0 Å². The lowest BCUT2D eigenvalue weighted by molar-refractivity contribution is -0.121. The van der Waals surface area contributed by atoms with Crippen LogP contribution in [0.1, 0.15) is 19.8 Å². The highest BCUT2D eigenvalue weighted by Gasteiger charge is 2.33. The number of carbonyl (C=O) groups excluding carboxylic acids is 2. The van der Waals surface area contributed by atoms with Gasteiger partial charge < -0.3 is 10.6 Å². The van der Waals surface area contributed by atoms with Gasteiger partial charge in [0.15, 0.2) is 0 Å². The standard InChI is InChI=1S/C12H22N4O2.ClH/c1-2-13-12(18)15-11(17)8-16-6-4-10-9(7-16)3-5-14-10;/h9-10,14H,2-8H2,1H3,(H2,13,15,17,18);1H. The first-order chi connectivity index (χ1) is 8.69. The number of rotatable bonds is 3. The molecule has 2 atom stereocenters. The number of piperidine rings is 1. The van der Waals surface area contributed by atoms with E-state index in [2.05, 4.69) is 20.9 Å². The van der Waals surface area contributed by atoms with Gasteiger partial charge in [-0.05, 0) is 32.2 Å². The number of amides is 3. The average Bonchev–Trinajstić information content (AvgIpc) is 2.76. The van der Waals surface area contributed by atoms with E-state index in [1.165, 1.54) is 6.42 Å². The Morgan fingerprint density at radius 1 is 1.37 bits per heavy atom. The van der Waals surface area contributed by atoms with Gasteiger partial charge in [0.25, 0.3) is 0 Å². The molecule has 0 radical (unpaired) electrons. The van der Waals surface area contributed by atoms with E-state index in [4.69, 9.17) is 0 Å². The maximum Gasteiger partial charge on any atom is 0.321 e. The molecule has 2 heterocycles. The van der Waals surface area contributed by atoms with Crippen LogP contribution >= 0.6 is 12.4 Å². The Balaban J connectivity index is 0.00000180. The highest BCUT2D eigenvalue weighted by molar-refractivity contribution is 5.95. The maximum atomic E-state index is 11.7. The molecule has 0 aliphatic carbocycles. The summed E-state index contributed by atoms with van der Waals surface area (Å²) in [6, 6.07) is 0.229. The number of nitrogens with zero attached hydrogens (tertiary/aromatic N) is 1. The number of halogens is 1. The molecule has 7 heteroatoms. The van der Waals surface area contributed by atoms with Crippen molar-refractivity contribution in [1.29, 1.82) is 0 Å². The van der Waals surface area contributed by atoms with Crippen molar-refractivity contribution >= 4 is 24.3 Å². The highest BCUT2D eigenvalue weighted by atomic mass is 35.5. The van der Waals surface area contributed by atoms with Crippen molar-refractivity contribution in [2.24, 2.45) is 5.92 Å². The SMILES string of the molecule is CCNC(=O)NC(=O)CN1CCC2NCCC2C1.Cl. The smallest absolute Gasteiger partial charge is 0.321 e. The maximum absolute atomic E-state index is 11.7. The molecule has 2 rings (SSSR count). The fraction of sp³-hybridized carbons (Fsp3) is 0.833. The summed E-state index contributed by atoms with van der Waals surface area (Å²) in [5.74, 6) is 0.446. The summed E-state index contributed by atoms with van der Waals surface area (Å²) < 4.78 is 0. The van der Waals surface area contributed by atoms with Crippen LogP contribution in [0.5, 0.6) is 0 Å². The first-order valence-electron chi connectivity index (χ1n) is 6.72. The van der Waals surface area contributed by atoms with E-state index < -0.39 is 6.03 Å². The monoisotopic (exact) mass is 290 g/mol. The lowest BCUT2D eigenvalue weighted by atomic mass is 9.93. The van der Waals surface area contributed by atoms with Gasteiger partial charge in [-0.25, -0.2) is 4.79 Å². The van der Waals surface area contributed by atoms with E-state index in [1.807, 2.05) is 6.92 Å². The summed E-state index contributed by atoms with van der Waals surface area (Å²) in [7, 11) is 0. The number of likely N-dealkylation sites (tertiary alicyclic amines) is 1. The molecule has 6 nitrogen and oxygen atoms in total. The van der Waals surface area contributed by atoms with Crippen molar-refractivity contribution in [2.75, 3.05) is 32.7 Å². The predicted octanol–water partition coefficient (Wildman–Crippen LogP) is -0.0623. The molecule has 2 aliphatic heterocycles. The number of hydrogen-bond donors (Lipinski definition) is 3. The zero-order valence-corrected chi connectivity index (χ0v) is 12.1. The van der Waals surface area contributed by atoms with E-state index in [-0.39, 0.29) is 18.3 Å². The van der Waals surface area contributed by atoms with Crippen molar-refractivity contribution in [2.45, 2.75) is 25.8 Å². The number of urea groups is 1. The summed E-state index contributed by atoms with van der Waals surface area (Å²) in [6.07, 6.45) is 2.29. The quantitative estimate of drug-likeness (QED) is 0.681. The van der Waals surface area contributed by atoms with Crippen LogP contribution in [0.3, 0.4) is 0 Å². The predicted molar refractivity (Wildman–Crippen MR) is 75.4 cm³/mol. The van der Waals surface area contributed by atoms with Crippen molar-refractivity contribution in [1.82, 2.24) is 20.9 Å². The molecule has 0 spiro atoms. The van der Waals surface area contributed by atoms with Crippen LogP contribution < -0.4 is 16.0 Å². The average molecular weight is 291 g/mol. The third kappa shape index (κ3) is 4.63.